The fraction of sp³-hybridized carbons (Fsp3) is 0.500. The van der Waals surface area contributed by atoms with Gasteiger partial charge in [0.05, 0.1) is 6.33 Å². The standard InChI is InChI=1S/C14H18N2/c1-2-14(13-9-15-10-16-13)7-11-5-3-4-6-12(11)8-14/h3-6,9-12H,2,7-8H2,1H3,(H,15,16). The number of H-pyrrole nitrogens is 1. The molecule has 84 valence electrons. The van der Waals surface area contributed by atoms with Crippen LogP contribution in [0.3, 0.4) is 0 Å². The van der Waals surface area contributed by atoms with Gasteiger partial charge in [0.15, 0.2) is 0 Å². The van der Waals surface area contributed by atoms with Crippen LogP contribution in [0.25, 0.3) is 0 Å². The van der Waals surface area contributed by atoms with Gasteiger partial charge in [-0.3, -0.25) is 0 Å². The van der Waals surface area contributed by atoms with E-state index in [1.165, 1.54) is 25.0 Å². The van der Waals surface area contributed by atoms with E-state index in [9.17, 15) is 0 Å². The molecular formula is C14H18N2. The summed E-state index contributed by atoms with van der Waals surface area (Å²) < 4.78 is 0. The highest BCUT2D eigenvalue weighted by Crippen LogP contribution is 2.50. The van der Waals surface area contributed by atoms with E-state index >= 15 is 0 Å². The number of hydrogen-bond acceptors (Lipinski definition) is 1. The monoisotopic (exact) mass is 214 g/mol. The number of rotatable bonds is 2. The number of nitrogens with zero attached hydrogens (tertiary/aromatic N) is 1. The van der Waals surface area contributed by atoms with Gasteiger partial charge in [-0.2, -0.15) is 0 Å². The van der Waals surface area contributed by atoms with E-state index in [-0.39, 0.29) is 0 Å². The smallest absolute Gasteiger partial charge is 0.0921 e. The zero-order chi connectivity index (χ0) is 11.0. The summed E-state index contributed by atoms with van der Waals surface area (Å²) in [5, 5.41) is 0. The molecule has 2 aliphatic rings. The maximum atomic E-state index is 4.19. The topological polar surface area (TPSA) is 28.7 Å². The Hall–Kier alpha value is -1.31. The first-order chi connectivity index (χ1) is 7.84. The van der Waals surface area contributed by atoms with Gasteiger partial charge in [0.25, 0.3) is 0 Å². The molecule has 1 aromatic heterocycles. The van der Waals surface area contributed by atoms with Crippen molar-refractivity contribution in [2.45, 2.75) is 31.6 Å². The van der Waals surface area contributed by atoms with Gasteiger partial charge in [-0.15, -0.1) is 0 Å². The molecule has 0 spiro atoms. The lowest BCUT2D eigenvalue weighted by Gasteiger charge is -2.26. The van der Waals surface area contributed by atoms with Crippen molar-refractivity contribution >= 4 is 0 Å². The number of nitrogens with one attached hydrogen (secondary N) is 1. The predicted molar refractivity (Wildman–Crippen MR) is 65.1 cm³/mol. The normalized spacial score (nSPS) is 36.6. The summed E-state index contributed by atoms with van der Waals surface area (Å²) in [7, 11) is 0. The fourth-order valence-electron chi connectivity index (χ4n) is 3.37. The Morgan fingerprint density at radius 3 is 2.50 bits per heavy atom. The van der Waals surface area contributed by atoms with Crippen LogP contribution >= 0.6 is 0 Å². The van der Waals surface area contributed by atoms with Crippen molar-refractivity contribution in [2.75, 3.05) is 0 Å². The molecule has 0 aliphatic heterocycles. The summed E-state index contributed by atoms with van der Waals surface area (Å²) in [6, 6.07) is 0. The Kier molecular flexibility index (Phi) is 2.23. The molecule has 0 amide bonds. The van der Waals surface area contributed by atoms with Gasteiger partial charge >= 0.3 is 0 Å². The van der Waals surface area contributed by atoms with Crippen molar-refractivity contribution in [3.05, 3.63) is 42.5 Å². The zero-order valence-electron chi connectivity index (χ0n) is 9.69. The van der Waals surface area contributed by atoms with E-state index in [0.29, 0.717) is 5.41 Å². The Morgan fingerprint density at radius 2 is 2.00 bits per heavy atom. The summed E-state index contributed by atoms with van der Waals surface area (Å²) in [5.74, 6) is 1.46. The fourth-order valence-corrected chi connectivity index (χ4v) is 3.37. The lowest BCUT2D eigenvalue weighted by molar-refractivity contribution is 0.401. The van der Waals surface area contributed by atoms with Gasteiger partial charge in [-0.05, 0) is 31.1 Å². The van der Waals surface area contributed by atoms with Crippen LogP contribution in [0.4, 0.5) is 0 Å². The maximum absolute atomic E-state index is 4.19. The van der Waals surface area contributed by atoms with Crippen LogP contribution in [-0.4, -0.2) is 9.97 Å². The van der Waals surface area contributed by atoms with E-state index in [1.54, 1.807) is 6.33 Å². The minimum atomic E-state index is 0.324. The van der Waals surface area contributed by atoms with Crippen molar-refractivity contribution in [1.29, 1.82) is 0 Å². The first-order valence-corrected chi connectivity index (χ1v) is 6.18. The summed E-state index contributed by atoms with van der Waals surface area (Å²) in [6.45, 7) is 2.30. The first kappa shape index (κ1) is 9.88. The van der Waals surface area contributed by atoms with Crippen LogP contribution < -0.4 is 0 Å². The number of fused-ring (bicyclic) bond motifs is 1. The van der Waals surface area contributed by atoms with Crippen molar-refractivity contribution in [3.63, 3.8) is 0 Å². The molecule has 2 aliphatic carbocycles. The summed E-state index contributed by atoms with van der Waals surface area (Å²) >= 11 is 0. The third-order valence-corrected chi connectivity index (χ3v) is 4.38. The summed E-state index contributed by atoms with van der Waals surface area (Å²) in [6.07, 6.45) is 16.7. The van der Waals surface area contributed by atoms with E-state index in [4.69, 9.17) is 0 Å². The van der Waals surface area contributed by atoms with Gasteiger partial charge in [-0.25, -0.2) is 4.98 Å². The van der Waals surface area contributed by atoms with E-state index in [2.05, 4.69) is 41.2 Å². The molecule has 2 unspecified atom stereocenters. The van der Waals surface area contributed by atoms with Crippen LogP contribution in [0.5, 0.6) is 0 Å². The lowest BCUT2D eigenvalue weighted by atomic mass is 9.79. The average molecular weight is 214 g/mol. The van der Waals surface area contributed by atoms with Gasteiger partial charge in [0, 0.05) is 17.3 Å². The lowest BCUT2D eigenvalue weighted by Crippen LogP contribution is -2.22. The molecule has 0 aromatic carbocycles. The summed E-state index contributed by atoms with van der Waals surface area (Å²) in [4.78, 5) is 7.51. The van der Waals surface area contributed by atoms with Crippen LogP contribution in [0.15, 0.2) is 36.8 Å². The maximum Gasteiger partial charge on any atom is 0.0921 e. The molecule has 0 saturated heterocycles. The highest BCUT2D eigenvalue weighted by molar-refractivity contribution is 5.25. The number of hydrogen-bond donors (Lipinski definition) is 1. The van der Waals surface area contributed by atoms with Gasteiger partial charge in [0.2, 0.25) is 0 Å². The van der Waals surface area contributed by atoms with Crippen molar-refractivity contribution in [1.82, 2.24) is 9.97 Å². The SMILES string of the molecule is CCC1(c2cnc[nH]2)CC2C=CC=CC2C1. The van der Waals surface area contributed by atoms with Gasteiger partial charge < -0.3 is 4.98 Å². The number of aromatic nitrogens is 2. The second-order valence-electron chi connectivity index (χ2n) is 5.10. The molecule has 1 fully saturated rings. The second-order valence-corrected chi connectivity index (χ2v) is 5.10. The van der Waals surface area contributed by atoms with Crippen LogP contribution in [0.2, 0.25) is 0 Å². The summed E-state index contributed by atoms with van der Waals surface area (Å²) in [5.41, 5.74) is 1.65. The van der Waals surface area contributed by atoms with Crippen LogP contribution in [0.1, 0.15) is 31.9 Å². The molecule has 0 radical (unpaired) electrons. The Balaban J connectivity index is 1.94. The molecule has 16 heavy (non-hydrogen) atoms. The molecule has 2 heteroatoms. The van der Waals surface area contributed by atoms with Crippen molar-refractivity contribution in [3.8, 4) is 0 Å². The number of aromatic amines is 1. The molecule has 0 bridgehead atoms. The van der Waals surface area contributed by atoms with Gasteiger partial charge in [-0.1, -0.05) is 31.2 Å². The van der Waals surface area contributed by atoms with E-state index in [0.717, 1.165) is 11.8 Å². The van der Waals surface area contributed by atoms with Crippen molar-refractivity contribution in [2.24, 2.45) is 11.8 Å². The second kappa shape index (κ2) is 3.62. The molecule has 3 rings (SSSR count). The average Bonchev–Trinajstić information content (AvgIpc) is 2.96. The Morgan fingerprint density at radius 1 is 1.31 bits per heavy atom. The molecule has 1 N–H and O–H groups in total. The third kappa shape index (κ3) is 1.36. The largest absolute Gasteiger partial charge is 0.348 e. The predicted octanol–water partition coefficient (Wildman–Crippen LogP) is 3.21. The van der Waals surface area contributed by atoms with Crippen molar-refractivity contribution < 1.29 is 0 Å². The minimum absolute atomic E-state index is 0.324. The molecule has 2 atom stereocenters. The molecule has 1 saturated carbocycles. The highest BCUT2D eigenvalue weighted by atomic mass is 14.9. The number of allylic oxidation sites excluding steroid dienone is 4. The Labute approximate surface area is 96.5 Å². The quantitative estimate of drug-likeness (QED) is 0.804. The molecular weight excluding hydrogens is 196 g/mol. The van der Waals surface area contributed by atoms with Crippen LogP contribution in [0, 0.1) is 11.8 Å². The third-order valence-electron chi connectivity index (χ3n) is 4.38. The van der Waals surface area contributed by atoms with Crippen LogP contribution in [-0.2, 0) is 5.41 Å². The zero-order valence-corrected chi connectivity index (χ0v) is 9.69. The molecule has 2 nitrogen and oxygen atoms in total. The highest BCUT2D eigenvalue weighted by Gasteiger charge is 2.44. The molecule has 1 aromatic rings. The van der Waals surface area contributed by atoms with E-state index < -0.39 is 0 Å². The van der Waals surface area contributed by atoms with E-state index in [1.807, 2.05) is 6.20 Å². The molecule has 1 heterocycles. The Bertz CT molecular complexity index is 394. The van der Waals surface area contributed by atoms with Gasteiger partial charge in [0.1, 0.15) is 0 Å². The number of imidazole rings is 1. The minimum Gasteiger partial charge on any atom is -0.348 e. The first-order valence-electron chi connectivity index (χ1n) is 6.18.